The minimum atomic E-state index is -0.978. The molecule has 0 atom stereocenters. The Morgan fingerprint density at radius 3 is 2.48 bits per heavy atom. The lowest BCUT2D eigenvalue weighted by Crippen LogP contribution is -2.31. The number of rotatable bonds is 6. The van der Waals surface area contributed by atoms with Crippen molar-refractivity contribution in [1.29, 1.82) is 5.41 Å². The Labute approximate surface area is 163 Å². The van der Waals surface area contributed by atoms with Crippen molar-refractivity contribution in [3.8, 4) is 16.9 Å². The molecule has 0 saturated heterocycles. The Morgan fingerprint density at radius 2 is 1.86 bits per heavy atom. The van der Waals surface area contributed by atoms with Crippen molar-refractivity contribution < 1.29 is 13.6 Å². The number of nitrogens with zero attached hydrogens (tertiary/aromatic N) is 2. The number of para-hydroxylation sites is 1. The van der Waals surface area contributed by atoms with E-state index in [2.05, 4.69) is 10.3 Å². The number of nitrogens with one attached hydrogen (secondary N) is 2. The zero-order chi connectivity index (χ0) is 21.1. The Kier molecular flexibility index (Phi) is 5.35. The average Bonchev–Trinajstić information content (AvgIpc) is 2.68. The van der Waals surface area contributed by atoms with Gasteiger partial charge in [0.2, 0.25) is 6.41 Å². The molecule has 148 valence electrons. The molecule has 10 heteroatoms. The number of hydrogen-bond acceptors (Lipinski definition) is 5. The predicted molar refractivity (Wildman–Crippen MR) is 104 cm³/mol. The van der Waals surface area contributed by atoms with Gasteiger partial charge in [0.1, 0.15) is 28.7 Å². The molecule has 1 amide bonds. The molecule has 6 N–H and O–H groups in total. The Morgan fingerprint density at radius 1 is 1.21 bits per heavy atom. The van der Waals surface area contributed by atoms with Crippen LogP contribution in [-0.4, -0.2) is 21.8 Å². The smallest absolute Gasteiger partial charge is 0.268 e. The Bertz CT molecular complexity index is 1160. The number of benzene rings is 1. The minimum Gasteiger partial charge on any atom is -0.397 e. The summed E-state index contributed by atoms with van der Waals surface area (Å²) in [6.07, 6.45) is 1.66. The van der Waals surface area contributed by atoms with Gasteiger partial charge in [0, 0.05) is 11.8 Å². The van der Waals surface area contributed by atoms with E-state index < -0.39 is 34.3 Å². The van der Waals surface area contributed by atoms with Crippen molar-refractivity contribution in [3.05, 3.63) is 75.8 Å². The van der Waals surface area contributed by atoms with Gasteiger partial charge in [-0.3, -0.25) is 24.5 Å². The summed E-state index contributed by atoms with van der Waals surface area (Å²) in [6.45, 7) is 0.137. The van der Waals surface area contributed by atoms with E-state index in [0.717, 1.165) is 24.4 Å². The molecule has 0 saturated carbocycles. The lowest BCUT2D eigenvalue weighted by molar-refractivity contribution is -0.109. The van der Waals surface area contributed by atoms with E-state index in [1.54, 1.807) is 18.2 Å². The van der Waals surface area contributed by atoms with E-state index in [1.807, 2.05) is 0 Å². The van der Waals surface area contributed by atoms with Crippen LogP contribution in [-0.2, 0) is 11.3 Å². The molecule has 3 aromatic rings. The third kappa shape index (κ3) is 3.68. The molecular formula is C19H16F2N6O2. The van der Waals surface area contributed by atoms with E-state index in [-0.39, 0.29) is 23.5 Å². The second-order valence-corrected chi connectivity index (χ2v) is 6.00. The molecule has 0 bridgehead atoms. The summed E-state index contributed by atoms with van der Waals surface area (Å²) in [5, 5.41) is 10.2. The fraction of sp³-hybridized carbons (Fsp3) is 0.0526. The Hall–Kier alpha value is -4.08. The lowest BCUT2D eigenvalue weighted by Gasteiger charge is -2.16. The number of nitrogens with two attached hydrogens (primary N) is 2. The normalized spacial score (nSPS) is 10.6. The molecule has 0 unspecified atom stereocenters. The van der Waals surface area contributed by atoms with Gasteiger partial charge in [-0.1, -0.05) is 12.1 Å². The first-order chi connectivity index (χ1) is 13.8. The van der Waals surface area contributed by atoms with Crippen LogP contribution in [0.3, 0.4) is 0 Å². The van der Waals surface area contributed by atoms with Crippen LogP contribution in [0.5, 0.6) is 0 Å². The van der Waals surface area contributed by atoms with Crippen molar-refractivity contribution in [1.82, 2.24) is 14.9 Å². The molecular weight excluding hydrogens is 382 g/mol. The van der Waals surface area contributed by atoms with Gasteiger partial charge in [-0.25, -0.2) is 8.78 Å². The van der Waals surface area contributed by atoms with E-state index in [9.17, 15) is 18.4 Å². The van der Waals surface area contributed by atoms with Gasteiger partial charge in [0.15, 0.2) is 0 Å². The van der Waals surface area contributed by atoms with E-state index in [4.69, 9.17) is 16.9 Å². The molecule has 29 heavy (non-hydrogen) atoms. The SMILES string of the molecule is N=C(N)c1c(N)c(-c2cccc(CNC=O)n2)cn(-c2c(F)cccc2F)c1=O. The number of halogens is 2. The second kappa shape index (κ2) is 7.89. The largest absolute Gasteiger partial charge is 0.397 e. The minimum absolute atomic E-state index is 0.137. The van der Waals surface area contributed by atoms with Crippen LogP contribution < -0.4 is 22.3 Å². The summed E-state index contributed by atoms with van der Waals surface area (Å²) in [6, 6.07) is 8.00. The monoisotopic (exact) mass is 398 g/mol. The highest BCUT2D eigenvalue weighted by molar-refractivity contribution is 6.02. The zero-order valence-corrected chi connectivity index (χ0v) is 14.9. The van der Waals surface area contributed by atoms with Crippen LogP contribution in [0, 0.1) is 17.0 Å². The third-order valence-electron chi connectivity index (χ3n) is 4.15. The highest BCUT2D eigenvalue weighted by Crippen LogP contribution is 2.27. The van der Waals surface area contributed by atoms with Crippen molar-refractivity contribution in [3.63, 3.8) is 0 Å². The third-order valence-corrected chi connectivity index (χ3v) is 4.15. The van der Waals surface area contributed by atoms with Gasteiger partial charge in [0.05, 0.1) is 23.6 Å². The molecule has 0 aliphatic carbocycles. The van der Waals surface area contributed by atoms with Crippen LogP contribution in [0.15, 0.2) is 47.4 Å². The molecule has 0 aliphatic heterocycles. The number of carbonyl (C=O) groups excluding carboxylic acids is 1. The van der Waals surface area contributed by atoms with Gasteiger partial charge in [-0.2, -0.15) is 0 Å². The maximum absolute atomic E-state index is 14.3. The topological polar surface area (TPSA) is 140 Å². The van der Waals surface area contributed by atoms with Gasteiger partial charge in [0.25, 0.3) is 5.56 Å². The first kappa shape index (κ1) is 19.7. The van der Waals surface area contributed by atoms with Crippen molar-refractivity contribution >= 4 is 17.9 Å². The number of amidine groups is 1. The number of carbonyl (C=O) groups is 1. The number of amides is 1. The van der Waals surface area contributed by atoms with Crippen LogP contribution in [0.1, 0.15) is 11.3 Å². The molecule has 3 rings (SSSR count). The van der Waals surface area contributed by atoms with Crippen molar-refractivity contribution in [2.75, 3.05) is 5.73 Å². The zero-order valence-electron chi connectivity index (χ0n) is 14.9. The summed E-state index contributed by atoms with van der Waals surface area (Å²) in [4.78, 5) is 27.6. The molecule has 0 fully saturated rings. The van der Waals surface area contributed by atoms with Crippen LogP contribution >= 0.6 is 0 Å². The summed E-state index contributed by atoms with van der Waals surface area (Å²) >= 11 is 0. The highest BCUT2D eigenvalue weighted by Gasteiger charge is 2.21. The fourth-order valence-corrected chi connectivity index (χ4v) is 2.85. The van der Waals surface area contributed by atoms with E-state index in [0.29, 0.717) is 16.7 Å². The van der Waals surface area contributed by atoms with E-state index in [1.165, 1.54) is 0 Å². The van der Waals surface area contributed by atoms with Gasteiger partial charge >= 0.3 is 0 Å². The number of nitrogen functional groups attached to an aromatic ring is 2. The fourth-order valence-electron chi connectivity index (χ4n) is 2.85. The molecule has 0 aliphatic rings. The highest BCUT2D eigenvalue weighted by atomic mass is 19.1. The van der Waals surface area contributed by atoms with Crippen molar-refractivity contribution in [2.45, 2.75) is 6.54 Å². The molecule has 2 aromatic heterocycles. The van der Waals surface area contributed by atoms with Gasteiger partial charge < -0.3 is 16.8 Å². The van der Waals surface area contributed by atoms with Crippen molar-refractivity contribution in [2.24, 2.45) is 5.73 Å². The first-order valence-corrected chi connectivity index (χ1v) is 8.32. The number of pyridine rings is 2. The summed E-state index contributed by atoms with van der Waals surface area (Å²) in [7, 11) is 0. The van der Waals surface area contributed by atoms with Gasteiger partial charge in [-0.05, 0) is 24.3 Å². The summed E-state index contributed by atoms with van der Waals surface area (Å²) in [5.41, 5.74) is 10.3. The number of anilines is 1. The van der Waals surface area contributed by atoms with E-state index >= 15 is 0 Å². The number of aromatic nitrogens is 2. The number of hydrogen-bond donors (Lipinski definition) is 4. The molecule has 0 spiro atoms. The quantitative estimate of drug-likeness (QED) is 0.281. The molecule has 2 heterocycles. The molecule has 0 radical (unpaired) electrons. The lowest BCUT2D eigenvalue weighted by atomic mass is 10.1. The van der Waals surface area contributed by atoms with Crippen LogP contribution in [0.4, 0.5) is 14.5 Å². The maximum atomic E-state index is 14.3. The Balaban J connectivity index is 2.32. The van der Waals surface area contributed by atoms with Crippen LogP contribution in [0.25, 0.3) is 16.9 Å². The van der Waals surface area contributed by atoms with Gasteiger partial charge in [-0.15, -0.1) is 0 Å². The molecule has 1 aromatic carbocycles. The second-order valence-electron chi connectivity index (χ2n) is 6.00. The maximum Gasteiger partial charge on any atom is 0.268 e. The van der Waals surface area contributed by atoms with Crippen LogP contribution in [0.2, 0.25) is 0 Å². The standard InChI is InChI=1S/C19H16F2N6O2/c20-12-4-2-5-13(21)17(12)27-8-11(16(22)15(18(23)24)19(27)29)14-6-1-3-10(26-14)7-25-9-28/h1-6,8-9H,7,22H2,(H3,23,24)(H,25,28). The average molecular weight is 398 g/mol. The summed E-state index contributed by atoms with van der Waals surface area (Å²) in [5.74, 6) is -2.61. The predicted octanol–water partition coefficient (Wildman–Crippen LogP) is 1.29. The summed E-state index contributed by atoms with van der Waals surface area (Å²) < 4.78 is 29.3. The first-order valence-electron chi connectivity index (χ1n) is 8.32. The molecule has 8 nitrogen and oxygen atoms in total.